The number of alkyl halides is 3. The minimum atomic E-state index is -4.62. The minimum Gasteiger partial charge on any atom is -0.383 e. The molecule has 0 aliphatic rings. The number of hydrogen-bond acceptors (Lipinski definition) is 2. The van der Waals surface area contributed by atoms with Crippen LogP contribution in [0.2, 0.25) is 0 Å². The van der Waals surface area contributed by atoms with Gasteiger partial charge >= 0.3 is 6.36 Å². The van der Waals surface area contributed by atoms with E-state index in [1.807, 2.05) is 0 Å². The Bertz CT molecular complexity index is 351. The molecule has 0 radical (unpaired) electrons. The molecule has 1 rings (SSSR count). The van der Waals surface area contributed by atoms with Gasteiger partial charge in [0.2, 0.25) is 0 Å². The van der Waals surface area contributed by atoms with E-state index >= 15 is 0 Å². The van der Waals surface area contributed by atoms with Gasteiger partial charge in [0.1, 0.15) is 5.82 Å². The quantitative estimate of drug-likeness (QED) is 0.641. The van der Waals surface area contributed by atoms with E-state index in [4.69, 9.17) is 0 Å². The van der Waals surface area contributed by atoms with Crippen molar-refractivity contribution in [3.63, 3.8) is 0 Å². The summed E-state index contributed by atoms with van der Waals surface area (Å²) in [5.41, 5.74) is 0.908. The zero-order chi connectivity index (χ0) is 12.2. The molecule has 0 saturated carbocycles. The van der Waals surface area contributed by atoms with Crippen LogP contribution in [0.3, 0.4) is 0 Å². The summed E-state index contributed by atoms with van der Waals surface area (Å²) >= 11 is 0. The highest BCUT2D eigenvalue weighted by Gasteiger charge is 2.28. The van der Waals surface area contributed by atoms with E-state index in [0.29, 0.717) is 11.3 Å². The molecule has 6 heteroatoms. The van der Waals surface area contributed by atoms with Crippen molar-refractivity contribution in [3.05, 3.63) is 29.6 Å². The van der Waals surface area contributed by atoms with Crippen LogP contribution in [0, 0.1) is 12.7 Å². The second-order valence-corrected chi connectivity index (χ2v) is 3.18. The van der Waals surface area contributed by atoms with Crippen molar-refractivity contribution in [2.24, 2.45) is 0 Å². The van der Waals surface area contributed by atoms with Crippen LogP contribution in [0.4, 0.5) is 23.2 Å². The zero-order valence-corrected chi connectivity index (χ0v) is 8.57. The lowest BCUT2D eigenvalue weighted by Crippen LogP contribution is -2.19. The monoisotopic (exact) mass is 237 g/mol. The van der Waals surface area contributed by atoms with Gasteiger partial charge in [-0.1, -0.05) is 6.07 Å². The largest absolute Gasteiger partial charge is 0.522 e. The number of rotatable bonds is 4. The first-order valence-corrected chi connectivity index (χ1v) is 4.59. The van der Waals surface area contributed by atoms with Crippen molar-refractivity contribution >= 4 is 5.69 Å². The predicted octanol–water partition coefficient (Wildman–Crippen LogP) is 3.08. The molecule has 2 nitrogen and oxygen atoms in total. The number of halogens is 4. The van der Waals surface area contributed by atoms with Crippen LogP contribution < -0.4 is 5.32 Å². The first-order chi connectivity index (χ1) is 7.38. The predicted molar refractivity (Wildman–Crippen MR) is 51.6 cm³/mol. The van der Waals surface area contributed by atoms with Crippen LogP contribution in [0.25, 0.3) is 0 Å². The molecule has 0 heterocycles. The summed E-state index contributed by atoms with van der Waals surface area (Å²) < 4.78 is 51.3. The van der Waals surface area contributed by atoms with Gasteiger partial charge in [-0.3, -0.25) is 4.74 Å². The number of benzene rings is 1. The third-order valence-corrected chi connectivity index (χ3v) is 1.87. The topological polar surface area (TPSA) is 21.3 Å². The van der Waals surface area contributed by atoms with E-state index in [1.165, 1.54) is 6.07 Å². The van der Waals surface area contributed by atoms with Crippen molar-refractivity contribution in [2.45, 2.75) is 13.3 Å². The Hall–Kier alpha value is -1.30. The smallest absolute Gasteiger partial charge is 0.383 e. The van der Waals surface area contributed by atoms with Gasteiger partial charge in [-0.2, -0.15) is 0 Å². The summed E-state index contributed by atoms with van der Waals surface area (Å²) in [6.45, 7) is 1.05. The zero-order valence-electron chi connectivity index (χ0n) is 8.57. The van der Waals surface area contributed by atoms with Gasteiger partial charge in [0.05, 0.1) is 6.61 Å². The Kier molecular flexibility index (Phi) is 4.12. The van der Waals surface area contributed by atoms with Crippen LogP contribution in [0.15, 0.2) is 18.2 Å². The molecule has 0 amide bonds. The van der Waals surface area contributed by atoms with E-state index in [1.54, 1.807) is 19.1 Å². The maximum absolute atomic E-state index is 13.0. The molecule has 90 valence electrons. The van der Waals surface area contributed by atoms with Crippen molar-refractivity contribution in [2.75, 3.05) is 18.5 Å². The molecule has 0 spiro atoms. The highest BCUT2D eigenvalue weighted by atomic mass is 19.4. The molecule has 1 aromatic carbocycles. The van der Waals surface area contributed by atoms with E-state index in [0.717, 1.165) is 0 Å². The number of aryl methyl sites for hydroxylation is 1. The van der Waals surface area contributed by atoms with E-state index in [-0.39, 0.29) is 6.54 Å². The summed E-state index contributed by atoms with van der Waals surface area (Å²) in [4.78, 5) is 0. The molecule has 1 N–H and O–H groups in total. The van der Waals surface area contributed by atoms with Gasteiger partial charge in [-0.15, -0.1) is 13.2 Å². The molecule has 16 heavy (non-hydrogen) atoms. The Morgan fingerprint density at radius 2 is 2.00 bits per heavy atom. The van der Waals surface area contributed by atoms with E-state index < -0.39 is 18.8 Å². The van der Waals surface area contributed by atoms with Gasteiger partial charge in [-0.25, -0.2) is 4.39 Å². The minimum absolute atomic E-state index is 0.0397. The third kappa shape index (κ3) is 4.48. The van der Waals surface area contributed by atoms with Crippen LogP contribution in [-0.2, 0) is 4.74 Å². The highest BCUT2D eigenvalue weighted by Crippen LogP contribution is 2.16. The molecule has 0 aromatic heterocycles. The van der Waals surface area contributed by atoms with Gasteiger partial charge in [0.25, 0.3) is 0 Å². The number of anilines is 1. The standard InChI is InChI=1S/C10H11F4NO/c1-7-2-3-8(6-9(7)11)15-4-5-16-10(12,13)14/h2-3,6,15H,4-5H2,1H3. The van der Waals surface area contributed by atoms with Crippen LogP contribution in [0.1, 0.15) is 5.56 Å². The van der Waals surface area contributed by atoms with Crippen LogP contribution >= 0.6 is 0 Å². The first-order valence-electron chi connectivity index (χ1n) is 4.59. The lowest BCUT2D eigenvalue weighted by atomic mass is 10.2. The third-order valence-electron chi connectivity index (χ3n) is 1.87. The molecule has 0 aliphatic carbocycles. The molecule has 0 atom stereocenters. The molecular formula is C10H11F4NO. The highest BCUT2D eigenvalue weighted by molar-refractivity contribution is 5.44. The molecule has 0 bridgehead atoms. The summed E-state index contributed by atoms with van der Waals surface area (Å²) in [7, 11) is 0. The van der Waals surface area contributed by atoms with Gasteiger partial charge in [0.15, 0.2) is 0 Å². The average molecular weight is 237 g/mol. The summed E-state index contributed by atoms with van der Waals surface area (Å²) in [5.74, 6) is -0.401. The molecule has 1 aromatic rings. The molecular weight excluding hydrogens is 226 g/mol. The maximum atomic E-state index is 13.0. The summed E-state index contributed by atoms with van der Waals surface area (Å²) in [6, 6.07) is 4.36. The first kappa shape index (κ1) is 12.8. The van der Waals surface area contributed by atoms with Gasteiger partial charge < -0.3 is 5.32 Å². The van der Waals surface area contributed by atoms with Crippen LogP contribution in [0.5, 0.6) is 0 Å². The van der Waals surface area contributed by atoms with E-state index in [2.05, 4.69) is 10.1 Å². The maximum Gasteiger partial charge on any atom is 0.522 e. The lowest BCUT2D eigenvalue weighted by Gasteiger charge is -2.09. The molecule has 0 unspecified atom stereocenters. The Balaban J connectivity index is 2.35. The SMILES string of the molecule is Cc1ccc(NCCOC(F)(F)F)cc1F. The van der Waals surface area contributed by atoms with Crippen molar-refractivity contribution in [1.82, 2.24) is 0 Å². The normalized spacial score (nSPS) is 11.6. The Labute approximate surface area is 90.2 Å². The number of hydrogen-bond donors (Lipinski definition) is 1. The van der Waals surface area contributed by atoms with Crippen molar-refractivity contribution < 1.29 is 22.3 Å². The fourth-order valence-corrected chi connectivity index (χ4v) is 1.06. The second kappa shape index (κ2) is 5.16. The molecule has 0 fully saturated rings. The molecule has 0 aliphatic heterocycles. The Morgan fingerprint density at radius 3 is 2.56 bits per heavy atom. The second-order valence-electron chi connectivity index (χ2n) is 3.18. The fourth-order valence-electron chi connectivity index (χ4n) is 1.06. The Morgan fingerprint density at radius 1 is 1.31 bits per heavy atom. The molecule has 0 saturated heterocycles. The summed E-state index contributed by atoms with van der Waals surface area (Å²) in [6.07, 6.45) is -4.62. The summed E-state index contributed by atoms with van der Waals surface area (Å²) in [5, 5.41) is 2.62. The fraction of sp³-hybridized carbons (Fsp3) is 0.400. The van der Waals surface area contributed by atoms with Crippen molar-refractivity contribution in [3.8, 4) is 0 Å². The number of ether oxygens (including phenoxy) is 1. The number of nitrogens with one attached hydrogen (secondary N) is 1. The van der Waals surface area contributed by atoms with E-state index in [9.17, 15) is 17.6 Å². The van der Waals surface area contributed by atoms with Gasteiger partial charge in [0, 0.05) is 12.2 Å². The van der Waals surface area contributed by atoms with Gasteiger partial charge in [-0.05, 0) is 24.6 Å². The van der Waals surface area contributed by atoms with Crippen molar-refractivity contribution in [1.29, 1.82) is 0 Å². The average Bonchev–Trinajstić information content (AvgIpc) is 2.17. The lowest BCUT2D eigenvalue weighted by molar-refractivity contribution is -0.322. The van der Waals surface area contributed by atoms with Crippen LogP contribution in [-0.4, -0.2) is 19.5 Å².